The highest BCUT2D eigenvalue weighted by molar-refractivity contribution is 7.89. The van der Waals surface area contributed by atoms with E-state index in [1.54, 1.807) is 0 Å². The number of hydrogen-bond donors (Lipinski definition) is 2. The van der Waals surface area contributed by atoms with Crippen LogP contribution in [-0.2, 0) is 14.8 Å². The Balaban J connectivity index is 2.44. The normalized spacial score (nSPS) is 19.0. The van der Waals surface area contributed by atoms with Gasteiger partial charge in [-0.05, 0) is 30.2 Å². The molecule has 0 aromatic heterocycles. The number of benzene rings is 1. The first kappa shape index (κ1) is 16.0. The summed E-state index contributed by atoms with van der Waals surface area (Å²) in [7, 11) is -3.92. The van der Waals surface area contributed by atoms with Crippen LogP contribution in [0.5, 0.6) is 0 Å². The second-order valence-corrected chi connectivity index (χ2v) is 6.82. The van der Waals surface area contributed by atoms with E-state index < -0.39 is 22.0 Å². The molecular formula is C13H14ClNO5S. The van der Waals surface area contributed by atoms with Gasteiger partial charge in [0.2, 0.25) is 10.0 Å². The maximum Gasteiger partial charge on any atom is 0.335 e. The molecule has 0 bridgehead atoms. The molecule has 0 spiro atoms. The van der Waals surface area contributed by atoms with Crippen molar-refractivity contribution in [2.24, 2.45) is 0 Å². The third-order valence-electron chi connectivity index (χ3n) is 3.20. The molecule has 1 aliphatic heterocycles. The lowest BCUT2D eigenvalue weighted by molar-refractivity contribution is 0.0696. The molecule has 1 heterocycles. The Kier molecular flexibility index (Phi) is 4.38. The Hall–Kier alpha value is -1.41. The fraction of sp³-hybridized carbons (Fsp3) is 0.308. The zero-order valence-corrected chi connectivity index (χ0v) is 12.8. The number of sulfonamides is 1. The van der Waals surface area contributed by atoms with Gasteiger partial charge < -0.3 is 9.84 Å². The zero-order valence-electron chi connectivity index (χ0n) is 11.2. The number of hydrogen-bond acceptors (Lipinski definition) is 4. The van der Waals surface area contributed by atoms with Crippen LogP contribution in [0.3, 0.4) is 0 Å². The molecule has 1 aromatic rings. The molecule has 0 aliphatic carbocycles. The van der Waals surface area contributed by atoms with Crippen molar-refractivity contribution in [3.05, 3.63) is 40.4 Å². The van der Waals surface area contributed by atoms with Crippen LogP contribution in [0.2, 0.25) is 5.02 Å². The van der Waals surface area contributed by atoms with Crippen molar-refractivity contribution in [3.8, 4) is 0 Å². The molecule has 2 N–H and O–H groups in total. The Morgan fingerprint density at radius 1 is 1.52 bits per heavy atom. The molecule has 1 aromatic carbocycles. The average molecular weight is 332 g/mol. The highest BCUT2D eigenvalue weighted by Gasteiger charge is 2.28. The number of carboxylic acids is 1. The van der Waals surface area contributed by atoms with Crippen LogP contribution >= 0.6 is 11.6 Å². The van der Waals surface area contributed by atoms with Gasteiger partial charge in [0.25, 0.3) is 0 Å². The SMILES string of the molecule is C=C1COCC1NS(=O)(=O)c1cc(C(=O)O)cc(Cl)c1C. The predicted molar refractivity (Wildman–Crippen MR) is 77.2 cm³/mol. The topological polar surface area (TPSA) is 92.7 Å². The molecule has 114 valence electrons. The third kappa shape index (κ3) is 3.26. The first-order valence-corrected chi connectivity index (χ1v) is 7.89. The Bertz CT molecular complexity index is 714. The lowest BCUT2D eigenvalue weighted by atomic mass is 10.1. The van der Waals surface area contributed by atoms with E-state index in [1.807, 2.05) is 0 Å². The molecular weight excluding hydrogens is 318 g/mol. The quantitative estimate of drug-likeness (QED) is 0.817. The van der Waals surface area contributed by atoms with Gasteiger partial charge in [-0.1, -0.05) is 18.2 Å². The van der Waals surface area contributed by atoms with E-state index in [0.717, 1.165) is 6.07 Å². The summed E-state index contributed by atoms with van der Waals surface area (Å²) in [5, 5.41) is 9.09. The average Bonchev–Trinajstić information content (AvgIpc) is 2.77. The number of rotatable bonds is 4. The summed E-state index contributed by atoms with van der Waals surface area (Å²) >= 11 is 5.92. The van der Waals surface area contributed by atoms with E-state index in [1.165, 1.54) is 13.0 Å². The summed E-state index contributed by atoms with van der Waals surface area (Å²) in [4.78, 5) is 10.9. The molecule has 0 saturated carbocycles. The second-order valence-electron chi connectivity index (χ2n) is 4.73. The summed E-state index contributed by atoms with van der Waals surface area (Å²) in [5.74, 6) is -1.25. The number of nitrogens with one attached hydrogen (secondary N) is 1. The van der Waals surface area contributed by atoms with Crippen LogP contribution in [0.1, 0.15) is 15.9 Å². The van der Waals surface area contributed by atoms with E-state index in [0.29, 0.717) is 17.7 Å². The summed E-state index contributed by atoms with van der Waals surface area (Å²) < 4.78 is 32.4. The number of halogens is 1. The minimum atomic E-state index is -3.92. The van der Waals surface area contributed by atoms with Crippen molar-refractivity contribution in [2.45, 2.75) is 17.9 Å². The van der Waals surface area contributed by atoms with Crippen molar-refractivity contribution in [1.29, 1.82) is 0 Å². The van der Waals surface area contributed by atoms with Crippen molar-refractivity contribution < 1.29 is 23.1 Å². The fourth-order valence-corrected chi connectivity index (χ4v) is 3.76. The van der Waals surface area contributed by atoms with Crippen LogP contribution < -0.4 is 4.72 Å². The van der Waals surface area contributed by atoms with E-state index in [9.17, 15) is 13.2 Å². The summed E-state index contributed by atoms with van der Waals surface area (Å²) in [6.45, 7) is 5.74. The van der Waals surface area contributed by atoms with Gasteiger partial charge in [-0.25, -0.2) is 17.9 Å². The van der Waals surface area contributed by atoms with Gasteiger partial charge in [0.15, 0.2) is 0 Å². The van der Waals surface area contributed by atoms with Gasteiger partial charge in [0, 0.05) is 5.02 Å². The Morgan fingerprint density at radius 3 is 2.71 bits per heavy atom. The first-order chi connectivity index (χ1) is 9.72. The third-order valence-corrected chi connectivity index (χ3v) is 5.19. The number of ether oxygens (including phenoxy) is 1. The molecule has 1 fully saturated rings. The predicted octanol–water partition coefficient (Wildman–Crippen LogP) is 1.58. The van der Waals surface area contributed by atoms with Crippen molar-refractivity contribution in [3.63, 3.8) is 0 Å². The molecule has 0 amide bonds. The van der Waals surface area contributed by atoms with E-state index in [-0.39, 0.29) is 22.1 Å². The molecule has 1 unspecified atom stereocenters. The maximum atomic E-state index is 12.4. The van der Waals surface area contributed by atoms with Crippen molar-refractivity contribution in [1.82, 2.24) is 4.72 Å². The molecule has 1 aliphatic rings. The van der Waals surface area contributed by atoms with Gasteiger partial charge in [-0.2, -0.15) is 0 Å². The summed E-state index contributed by atoms with van der Waals surface area (Å²) in [6.07, 6.45) is 0. The molecule has 1 atom stereocenters. The fourth-order valence-electron chi connectivity index (χ4n) is 1.95. The smallest absolute Gasteiger partial charge is 0.335 e. The molecule has 21 heavy (non-hydrogen) atoms. The molecule has 0 radical (unpaired) electrons. The summed E-state index contributed by atoms with van der Waals surface area (Å²) in [5.41, 5.74) is 0.725. The highest BCUT2D eigenvalue weighted by Crippen LogP contribution is 2.26. The molecule has 1 saturated heterocycles. The van der Waals surface area contributed by atoms with Crippen molar-refractivity contribution in [2.75, 3.05) is 13.2 Å². The van der Waals surface area contributed by atoms with Crippen LogP contribution in [-0.4, -0.2) is 38.7 Å². The van der Waals surface area contributed by atoms with Gasteiger partial charge in [-0.15, -0.1) is 0 Å². The molecule has 6 nitrogen and oxygen atoms in total. The van der Waals surface area contributed by atoms with Crippen LogP contribution in [0, 0.1) is 6.92 Å². The van der Waals surface area contributed by atoms with Gasteiger partial charge in [0.1, 0.15) is 0 Å². The van der Waals surface area contributed by atoms with Gasteiger partial charge >= 0.3 is 5.97 Å². The lowest BCUT2D eigenvalue weighted by Crippen LogP contribution is -2.36. The Labute approximate surface area is 127 Å². The second kappa shape index (κ2) is 5.76. The molecule has 2 rings (SSSR count). The molecule has 8 heteroatoms. The van der Waals surface area contributed by atoms with Crippen molar-refractivity contribution >= 4 is 27.6 Å². The summed E-state index contributed by atoms with van der Waals surface area (Å²) in [6, 6.07) is 1.78. The first-order valence-electron chi connectivity index (χ1n) is 6.03. The van der Waals surface area contributed by atoms with E-state index in [4.69, 9.17) is 21.4 Å². The maximum absolute atomic E-state index is 12.4. The standard InChI is InChI=1S/C13H14ClNO5S/c1-7-5-20-6-11(7)15-21(18,19)12-4-9(13(16)17)3-10(14)8(12)2/h3-4,11,15H,1,5-6H2,2H3,(H,16,17). The number of carboxylic acid groups (broad SMARTS) is 1. The minimum absolute atomic E-state index is 0.0803. The minimum Gasteiger partial charge on any atom is -0.478 e. The lowest BCUT2D eigenvalue weighted by Gasteiger charge is -2.15. The number of carbonyl (C=O) groups is 1. The van der Waals surface area contributed by atoms with E-state index >= 15 is 0 Å². The van der Waals surface area contributed by atoms with Crippen LogP contribution in [0.25, 0.3) is 0 Å². The largest absolute Gasteiger partial charge is 0.478 e. The van der Waals surface area contributed by atoms with Gasteiger partial charge in [0.05, 0.1) is 29.7 Å². The van der Waals surface area contributed by atoms with E-state index in [2.05, 4.69) is 11.3 Å². The number of aromatic carboxylic acids is 1. The van der Waals surface area contributed by atoms with Crippen LogP contribution in [0.4, 0.5) is 0 Å². The highest BCUT2D eigenvalue weighted by atomic mass is 35.5. The zero-order chi connectivity index (χ0) is 15.8. The van der Waals surface area contributed by atoms with Crippen LogP contribution in [0.15, 0.2) is 29.2 Å². The van der Waals surface area contributed by atoms with Gasteiger partial charge in [-0.3, -0.25) is 0 Å². The Morgan fingerprint density at radius 2 is 2.19 bits per heavy atom. The monoisotopic (exact) mass is 331 g/mol.